The normalized spacial score (nSPS) is 22.9. The Balaban J connectivity index is 2.09. The molecule has 0 bridgehead atoms. The molecule has 0 aromatic heterocycles. The molecular formula is C16H25ClN2O. The zero-order valence-corrected chi connectivity index (χ0v) is 13.2. The average Bonchev–Trinajstić information content (AvgIpc) is 2.42. The van der Waals surface area contributed by atoms with E-state index in [1.807, 2.05) is 18.2 Å². The van der Waals surface area contributed by atoms with Crippen molar-refractivity contribution >= 4 is 11.6 Å². The fraction of sp³-hybridized carbons (Fsp3) is 0.625. The summed E-state index contributed by atoms with van der Waals surface area (Å²) < 4.78 is 0. The van der Waals surface area contributed by atoms with Crippen LogP contribution in [0.4, 0.5) is 0 Å². The highest BCUT2D eigenvalue weighted by atomic mass is 35.5. The van der Waals surface area contributed by atoms with Crippen LogP contribution in [-0.2, 0) is 0 Å². The predicted molar refractivity (Wildman–Crippen MR) is 84.2 cm³/mol. The number of aliphatic hydroxyl groups excluding tert-OH is 1. The van der Waals surface area contributed by atoms with E-state index < -0.39 is 0 Å². The van der Waals surface area contributed by atoms with E-state index in [1.54, 1.807) is 0 Å². The van der Waals surface area contributed by atoms with E-state index in [0.717, 1.165) is 30.2 Å². The number of aliphatic hydroxyl groups is 1. The maximum atomic E-state index is 9.81. The first kappa shape index (κ1) is 15.8. The van der Waals surface area contributed by atoms with E-state index in [-0.39, 0.29) is 12.6 Å². The molecule has 1 aliphatic rings. The van der Waals surface area contributed by atoms with Gasteiger partial charge in [0.25, 0.3) is 0 Å². The Morgan fingerprint density at radius 1 is 1.40 bits per heavy atom. The molecule has 1 aromatic rings. The van der Waals surface area contributed by atoms with Gasteiger partial charge in [-0.15, -0.1) is 0 Å². The third kappa shape index (κ3) is 3.73. The molecule has 3 nitrogen and oxygen atoms in total. The lowest BCUT2D eigenvalue weighted by Crippen LogP contribution is -2.53. The van der Waals surface area contributed by atoms with Crippen molar-refractivity contribution in [3.63, 3.8) is 0 Å². The quantitative estimate of drug-likeness (QED) is 0.905. The van der Waals surface area contributed by atoms with Crippen LogP contribution >= 0.6 is 11.6 Å². The van der Waals surface area contributed by atoms with Crippen LogP contribution in [-0.4, -0.2) is 53.7 Å². The number of rotatable bonds is 5. The van der Waals surface area contributed by atoms with E-state index >= 15 is 0 Å². The summed E-state index contributed by atoms with van der Waals surface area (Å²) in [5.41, 5.74) is 1.11. The lowest BCUT2D eigenvalue weighted by atomic mass is 10.0. The maximum Gasteiger partial charge on any atom is 0.0628 e. The van der Waals surface area contributed by atoms with Crippen molar-refractivity contribution in [1.29, 1.82) is 0 Å². The molecule has 0 amide bonds. The Morgan fingerprint density at radius 2 is 2.20 bits per heavy atom. The van der Waals surface area contributed by atoms with E-state index in [2.05, 4.69) is 29.7 Å². The summed E-state index contributed by atoms with van der Waals surface area (Å²) in [5.74, 6) is 0. The summed E-state index contributed by atoms with van der Waals surface area (Å²) in [4.78, 5) is 4.91. The first-order valence-corrected chi connectivity index (χ1v) is 7.88. The monoisotopic (exact) mass is 296 g/mol. The molecule has 0 aliphatic carbocycles. The molecule has 2 rings (SSSR count). The Kier molecular flexibility index (Phi) is 5.85. The Hall–Kier alpha value is -0.610. The van der Waals surface area contributed by atoms with Crippen LogP contribution in [0.15, 0.2) is 24.3 Å². The van der Waals surface area contributed by atoms with E-state index in [1.165, 1.54) is 13.0 Å². The first-order valence-electron chi connectivity index (χ1n) is 7.50. The molecule has 0 spiro atoms. The van der Waals surface area contributed by atoms with Gasteiger partial charge in [-0.3, -0.25) is 4.90 Å². The molecular weight excluding hydrogens is 272 g/mol. The van der Waals surface area contributed by atoms with Crippen molar-refractivity contribution in [3.8, 4) is 0 Å². The van der Waals surface area contributed by atoms with Crippen molar-refractivity contribution in [2.45, 2.75) is 32.4 Å². The van der Waals surface area contributed by atoms with Crippen LogP contribution in [0.5, 0.6) is 0 Å². The smallest absolute Gasteiger partial charge is 0.0628 e. The van der Waals surface area contributed by atoms with Crippen molar-refractivity contribution in [3.05, 3.63) is 34.9 Å². The van der Waals surface area contributed by atoms with E-state index in [0.29, 0.717) is 6.04 Å². The second kappa shape index (κ2) is 7.41. The summed E-state index contributed by atoms with van der Waals surface area (Å²) in [5, 5.41) is 10.5. The fourth-order valence-corrected chi connectivity index (χ4v) is 3.34. The van der Waals surface area contributed by atoms with Gasteiger partial charge in [-0.2, -0.15) is 0 Å². The summed E-state index contributed by atoms with van der Waals surface area (Å²) in [6.45, 7) is 8.92. The van der Waals surface area contributed by atoms with Gasteiger partial charge in [0.2, 0.25) is 0 Å². The van der Waals surface area contributed by atoms with Gasteiger partial charge in [-0.05, 0) is 37.6 Å². The number of hydrogen-bond donors (Lipinski definition) is 1. The molecule has 4 heteroatoms. The molecule has 1 aromatic carbocycles. The highest BCUT2D eigenvalue weighted by Crippen LogP contribution is 2.26. The predicted octanol–water partition coefficient (Wildman–Crippen LogP) is 2.79. The zero-order chi connectivity index (χ0) is 14.5. The van der Waals surface area contributed by atoms with Gasteiger partial charge in [0, 0.05) is 30.7 Å². The lowest BCUT2D eigenvalue weighted by Gasteiger charge is -2.43. The van der Waals surface area contributed by atoms with Crippen LogP contribution in [0.2, 0.25) is 5.02 Å². The number of halogens is 1. The minimum absolute atomic E-state index is 0.0486. The summed E-state index contributed by atoms with van der Waals surface area (Å²) in [6, 6.07) is 8.35. The fourth-order valence-electron chi connectivity index (χ4n) is 3.15. The molecule has 2 unspecified atom stereocenters. The van der Waals surface area contributed by atoms with Gasteiger partial charge in [-0.25, -0.2) is 0 Å². The van der Waals surface area contributed by atoms with Crippen molar-refractivity contribution in [2.75, 3.05) is 32.8 Å². The summed E-state index contributed by atoms with van der Waals surface area (Å²) in [6.07, 6.45) is 1.20. The zero-order valence-electron chi connectivity index (χ0n) is 12.4. The topological polar surface area (TPSA) is 26.7 Å². The van der Waals surface area contributed by atoms with Crippen LogP contribution in [0.25, 0.3) is 0 Å². The van der Waals surface area contributed by atoms with Crippen LogP contribution in [0.1, 0.15) is 31.9 Å². The Bertz CT molecular complexity index is 427. The van der Waals surface area contributed by atoms with Crippen LogP contribution < -0.4 is 0 Å². The molecule has 2 atom stereocenters. The molecule has 112 valence electrons. The third-order valence-electron chi connectivity index (χ3n) is 4.11. The molecule has 0 saturated carbocycles. The molecule has 0 radical (unpaired) electrons. The summed E-state index contributed by atoms with van der Waals surface area (Å²) in [7, 11) is 0. The molecule has 20 heavy (non-hydrogen) atoms. The molecule has 1 aliphatic heterocycles. The van der Waals surface area contributed by atoms with Gasteiger partial charge in [0.1, 0.15) is 0 Å². The minimum atomic E-state index is 0.0486. The van der Waals surface area contributed by atoms with Gasteiger partial charge in [0.05, 0.1) is 12.6 Å². The van der Waals surface area contributed by atoms with Crippen LogP contribution in [0.3, 0.4) is 0 Å². The van der Waals surface area contributed by atoms with Gasteiger partial charge in [-0.1, -0.05) is 30.7 Å². The third-order valence-corrected chi connectivity index (χ3v) is 4.34. The highest BCUT2D eigenvalue weighted by Gasteiger charge is 2.29. The Morgan fingerprint density at radius 3 is 2.80 bits per heavy atom. The van der Waals surface area contributed by atoms with Gasteiger partial charge < -0.3 is 10.0 Å². The molecule has 1 fully saturated rings. The SMILES string of the molecule is CCCN1CCN(C(CO)c2cccc(Cl)c2)C(C)C1. The minimum Gasteiger partial charge on any atom is -0.394 e. The van der Waals surface area contributed by atoms with Crippen LogP contribution in [0, 0.1) is 0 Å². The first-order chi connectivity index (χ1) is 9.65. The second-order valence-electron chi connectivity index (χ2n) is 5.64. The van der Waals surface area contributed by atoms with Gasteiger partial charge in [0.15, 0.2) is 0 Å². The number of benzene rings is 1. The lowest BCUT2D eigenvalue weighted by molar-refractivity contribution is 0.0253. The molecule has 1 N–H and O–H groups in total. The standard InChI is InChI=1S/C16H25ClN2O/c1-3-7-18-8-9-19(13(2)11-18)16(12-20)14-5-4-6-15(17)10-14/h4-6,10,13,16,20H,3,7-9,11-12H2,1-2H3. The summed E-state index contributed by atoms with van der Waals surface area (Å²) >= 11 is 6.08. The van der Waals surface area contributed by atoms with Crippen molar-refractivity contribution in [1.82, 2.24) is 9.80 Å². The number of piperazine rings is 1. The number of hydrogen-bond acceptors (Lipinski definition) is 3. The Labute approximate surface area is 127 Å². The largest absolute Gasteiger partial charge is 0.394 e. The molecule has 1 saturated heterocycles. The van der Waals surface area contributed by atoms with Crippen molar-refractivity contribution < 1.29 is 5.11 Å². The van der Waals surface area contributed by atoms with Crippen molar-refractivity contribution in [2.24, 2.45) is 0 Å². The van der Waals surface area contributed by atoms with Gasteiger partial charge >= 0.3 is 0 Å². The molecule has 1 heterocycles. The van der Waals surface area contributed by atoms with E-state index in [9.17, 15) is 5.11 Å². The van der Waals surface area contributed by atoms with E-state index in [4.69, 9.17) is 11.6 Å². The second-order valence-corrected chi connectivity index (χ2v) is 6.08. The maximum absolute atomic E-state index is 9.81. The number of nitrogens with zero attached hydrogens (tertiary/aromatic N) is 2. The average molecular weight is 297 g/mol. The highest BCUT2D eigenvalue weighted by molar-refractivity contribution is 6.30.